The average molecular weight is 346 g/mol. The van der Waals surface area contributed by atoms with Gasteiger partial charge in [-0.3, -0.25) is 4.68 Å². The van der Waals surface area contributed by atoms with E-state index >= 15 is 0 Å². The quantitative estimate of drug-likeness (QED) is 0.930. The Hall–Kier alpha value is -1.86. The van der Waals surface area contributed by atoms with Gasteiger partial charge in [0.25, 0.3) is 0 Å². The lowest BCUT2D eigenvalue weighted by molar-refractivity contribution is 0.108. The highest BCUT2D eigenvalue weighted by Crippen LogP contribution is 2.25. The Morgan fingerprint density at radius 3 is 3.17 bits per heavy atom. The first kappa shape index (κ1) is 15.7. The third kappa shape index (κ3) is 3.32. The molecular formula is C17H22N4O2S. The monoisotopic (exact) mass is 346 g/mol. The third-order valence-corrected chi connectivity index (χ3v) is 5.47. The number of amides is 2. The van der Waals surface area contributed by atoms with E-state index in [1.54, 1.807) is 11.3 Å². The van der Waals surface area contributed by atoms with Gasteiger partial charge >= 0.3 is 6.03 Å². The van der Waals surface area contributed by atoms with Crippen LogP contribution < -0.4 is 5.32 Å². The van der Waals surface area contributed by atoms with E-state index in [9.17, 15) is 4.79 Å². The number of carbonyl (C=O) groups is 1. The number of aryl methyl sites for hydroxylation is 1. The maximum absolute atomic E-state index is 12.5. The van der Waals surface area contributed by atoms with Gasteiger partial charge in [-0.15, -0.1) is 11.3 Å². The highest BCUT2D eigenvalue weighted by Gasteiger charge is 2.22. The average Bonchev–Trinajstić information content (AvgIpc) is 3.32. The molecule has 4 rings (SSSR count). The molecule has 1 fully saturated rings. The number of aromatic nitrogens is 2. The van der Waals surface area contributed by atoms with Gasteiger partial charge in [-0.2, -0.15) is 5.10 Å². The van der Waals surface area contributed by atoms with Crippen molar-refractivity contribution in [2.45, 2.75) is 38.5 Å². The molecule has 128 valence electrons. The summed E-state index contributed by atoms with van der Waals surface area (Å²) in [6, 6.07) is 6.23. The standard InChI is InChI=1S/C17H22N4O2S/c22-17(18-11-14-4-1-8-23-14)20-6-3-7-21-13(12-20)10-15(19-21)16-5-2-9-24-16/h2,5,9-10,14H,1,3-4,6-8,11-12H2,(H,18,22). The first-order valence-electron chi connectivity index (χ1n) is 8.54. The van der Waals surface area contributed by atoms with Gasteiger partial charge in [0.2, 0.25) is 0 Å². The van der Waals surface area contributed by atoms with Gasteiger partial charge in [0.1, 0.15) is 5.69 Å². The summed E-state index contributed by atoms with van der Waals surface area (Å²) in [5.41, 5.74) is 2.10. The molecule has 2 amide bonds. The summed E-state index contributed by atoms with van der Waals surface area (Å²) in [6.45, 7) is 3.64. The van der Waals surface area contributed by atoms with Crippen LogP contribution in [0.4, 0.5) is 4.79 Å². The SMILES string of the molecule is O=C(NCC1CCCO1)N1CCCn2nc(-c3cccs3)cc2C1. The van der Waals surface area contributed by atoms with Crippen LogP contribution in [0, 0.1) is 0 Å². The molecule has 0 bridgehead atoms. The van der Waals surface area contributed by atoms with Crippen LogP contribution in [0.3, 0.4) is 0 Å². The smallest absolute Gasteiger partial charge is 0.317 e. The van der Waals surface area contributed by atoms with Crippen molar-refractivity contribution >= 4 is 17.4 Å². The van der Waals surface area contributed by atoms with E-state index in [2.05, 4.69) is 22.8 Å². The maximum Gasteiger partial charge on any atom is 0.317 e. The van der Waals surface area contributed by atoms with Gasteiger partial charge in [-0.05, 0) is 36.8 Å². The van der Waals surface area contributed by atoms with Gasteiger partial charge in [-0.25, -0.2) is 4.79 Å². The molecule has 1 saturated heterocycles. The van der Waals surface area contributed by atoms with E-state index in [0.29, 0.717) is 13.1 Å². The molecule has 1 N–H and O–H groups in total. The summed E-state index contributed by atoms with van der Waals surface area (Å²) >= 11 is 1.69. The van der Waals surface area contributed by atoms with E-state index in [4.69, 9.17) is 9.84 Å². The molecule has 0 spiro atoms. The number of urea groups is 1. The lowest BCUT2D eigenvalue weighted by Crippen LogP contribution is -2.42. The number of hydrogen-bond acceptors (Lipinski definition) is 4. The Kier molecular flexibility index (Phi) is 4.53. The van der Waals surface area contributed by atoms with Crippen LogP contribution in [0.25, 0.3) is 10.6 Å². The van der Waals surface area contributed by atoms with E-state index in [-0.39, 0.29) is 12.1 Å². The molecule has 2 aliphatic heterocycles. The predicted octanol–water partition coefficient (Wildman–Crippen LogP) is 2.71. The number of rotatable bonds is 3. The molecule has 0 aromatic carbocycles. The van der Waals surface area contributed by atoms with Crippen molar-refractivity contribution in [3.05, 3.63) is 29.3 Å². The van der Waals surface area contributed by atoms with Gasteiger partial charge < -0.3 is 15.0 Å². The van der Waals surface area contributed by atoms with E-state index in [1.165, 1.54) is 4.88 Å². The molecule has 1 atom stereocenters. The fourth-order valence-corrected chi connectivity index (χ4v) is 3.98. The molecular weight excluding hydrogens is 324 g/mol. The molecule has 7 heteroatoms. The Bertz CT molecular complexity index is 692. The molecule has 0 saturated carbocycles. The zero-order chi connectivity index (χ0) is 16.4. The molecule has 24 heavy (non-hydrogen) atoms. The zero-order valence-corrected chi connectivity index (χ0v) is 14.4. The lowest BCUT2D eigenvalue weighted by atomic mass is 10.2. The van der Waals surface area contributed by atoms with Crippen molar-refractivity contribution in [3.63, 3.8) is 0 Å². The minimum absolute atomic E-state index is 0.00202. The van der Waals surface area contributed by atoms with Crippen molar-refractivity contribution < 1.29 is 9.53 Å². The van der Waals surface area contributed by atoms with Crippen LogP contribution in [0.15, 0.2) is 23.6 Å². The van der Waals surface area contributed by atoms with Crippen LogP contribution in [0.5, 0.6) is 0 Å². The number of thiophene rings is 1. The predicted molar refractivity (Wildman–Crippen MR) is 92.9 cm³/mol. The number of carbonyl (C=O) groups excluding carboxylic acids is 1. The summed E-state index contributed by atoms with van der Waals surface area (Å²) in [4.78, 5) is 15.5. The number of nitrogens with one attached hydrogen (secondary N) is 1. The summed E-state index contributed by atoms with van der Waals surface area (Å²) in [5.74, 6) is 0. The lowest BCUT2D eigenvalue weighted by Gasteiger charge is -2.21. The Balaban J connectivity index is 1.42. The normalized spacial score (nSPS) is 20.7. The van der Waals surface area contributed by atoms with Gasteiger partial charge in [0, 0.05) is 26.2 Å². The van der Waals surface area contributed by atoms with Crippen LogP contribution in [-0.4, -0.2) is 46.5 Å². The number of fused-ring (bicyclic) bond motifs is 1. The summed E-state index contributed by atoms with van der Waals surface area (Å²) in [7, 11) is 0. The zero-order valence-electron chi connectivity index (χ0n) is 13.6. The first-order valence-corrected chi connectivity index (χ1v) is 9.42. The van der Waals surface area contributed by atoms with Crippen LogP contribution in [0.1, 0.15) is 25.0 Å². The largest absolute Gasteiger partial charge is 0.376 e. The van der Waals surface area contributed by atoms with Crippen LogP contribution >= 0.6 is 11.3 Å². The van der Waals surface area contributed by atoms with Crippen LogP contribution in [-0.2, 0) is 17.8 Å². The van der Waals surface area contributed by atoms with E-state index < -0.39 is 0 Å². The van der Waals surface area contributed by atoms with Crippen molar-refractivity contribution in [1.29, 1.82) is 0 Å². The van der Waals surface area contributed by atoms with Gasteiger partial charge in [0.05, 0.1) is 23.2 Å². The number of hydrogen-bond donors (Lipinski definition) is 1. The summed E-state index contributed by atoms with van der Waals surface area (Å²) in [6.07, 6.45) is 3.23. The Morgan fingerprint density at radius 1 is 1.42 bits per heavy atom. The van der Waals surface area contributed by atoms with Gasteiger partial charge in [-0.1, -0.05) is 6.07 Å². The maximum atomic E-state index is 12.5. The molecule has 0 radical (unpaired) electrons. The molecule has 4 heterocycles. The Labute approximate surface area is 145 Å². The highest BCUT2D eigenvalue weighted by molar-refractivity contribution is 7.13. The number of nitrogens with zero attached hydrogens (tertiary/aromatic N) is 3. The van der Waals surface area contributed by atoms with Crippen LogP contribution in [0.2, 0.25) is 0 Å². The van der Waals surface area contributed by atoms with Gasteiger partial charge in [0.15, 0.2) is 0 Å². The van der Waals surface area contributed by atoms with Crippen molar-refractivity contribution in [1.82, 2.24) is 20.0 Å². The fourth-order valence-electron chi connectivity index (χ4n) is 3.30. The fraction of sp³-hybridized carbons (Fsp3) is 0.529. The topological polar surface area (TPSA) is 59.4 Å². The second-order valence-electron chi connectivity index (χ2n) is 6.32. The molecule has 1 unspecified atom stereocenters. The minimum atomic E-state index is -0.00202. The Morgan fingerprint density at radius 2 is 2.38 bits per heavy atom. The second kappa shape index (κ2) is 6.94. The summed E-state index contributed by atoms with van der Waals surface area (Å²) in [5, 5.41) is 9.79. The highest BCUT2D eigenvalue weighted by atomic mass is 32.1. The molecule has 0 aliphatic carbocycles. The molecule has 2 aromatic rings. The third-order valence-electron chi connectivity index (χ3n) is 4.58. The first-order chi connectivity index (χ1) is 11.8. The minimum Gasteiger partial charge on any atom is -0.376 e. The molecule has 2 aliphatic rings. The molecule has 2 aromatic heterocycles. The van der Waals surface area contributed by atoms with Crippen molar-refractivity contribution in [3.8, 4) is 10.6 Å². The second-order valence-corrected chi connectivity index (χ2v) is 7.27. The number of ether oxygens (including phenoxy) is 1. The van der Waals surface area contributed by atoms with Crippen molar-refractivity contribution in [2.75, 3.05) is 19.7 Å². The summed E-state index contributed by atoms with van der Waals surface area (Å²) < 4.78 is 7.61. The van der Waals surface area contributed by atoms with E-state index in [1.807, 2.05) is 15.6 Å². The molecule has 6 nitrogen and oxygen atoms in total. The van der Waals surface area contributed by atoms with E-state index in [0.717, 1.165) is 50.3 Å². The van der Waals surface area contributed by atoms with Crippen molar-refractivity contribution in [2.24, 2.45) is 0 Å².